The fourth-order valence-corrected chi connectivity index (χ4v) is 2.64. The molecule has 1 aliphatic heterocycles. The molecule has 1 fully saturated rings. The average Bonchev–Trinajstić information content (AvgIpc) is 2.54. The van der Waals surface area contributed by atoms with E-state index in [1.165, 1.54) is 19.2 Å². The number of methoxy groups -OCH3 is 1. The fourth-order valence-electron chi connectivity index (χ4n) is 2.64. The number of benzene rings is 1. The second kappa shape index (κ2) is 7.08. The third-order valence-electron chi connectivity index (χ3n) is 3.90. The highest BCUT2D eigenvalue weighted by Gasteiger charge is 2.36. The van der Waals surface area contributed by atoms with Crippen LogP contribution in [0.1, 0.15) is 18.4 Å². The van der Waals surface area contributed by atoms with Crippen molar-refractivity contribution in [3.63, 3.8) is 0 Å². The number of ether oxygens (including phenoxy) is 1. The highest BCUT2D eigenvalue weighted by molar-refractivity contribution is 5.89. The summed E-state index contributed by atoms with van der Waals surface area (Å²) in [4.78, 5) is 13.0. The van der Waals surface area contributed by atoms with Crippen molar-refractivity contribution in [3.05, 3.63) is 23.8 Å². The molecule has 0 radical (unpaired) electrons. The summed E-state index contributed by atoms with van der Waals surface area (Å²) in [6, 6.07) is 3.28. The molecule has 1 saturated heterocycles. The molecule has 0 saturated carbocycles. The van der Waals surface area contributed by atoms with Crippen molar-refractivity contribution in [1.29, 1.82) is 0 Å². The van der Waals surface area contributed by atoms with Gasteiger partial charge in [-0.05, 0) is 31.0 Å². The van der Waals surface area contributed by atoms with Crippen molar-refractivity contribution >= 4 is 17.4 Å². The summed E-state index contributed by atoms with van der Waals surface area (Å²) in [5.74, 6) is 0. The number of carbonyl (C=O) groups is 1. The maximum atomic E-state index is 13.4. The molecule has 2 amide bonds. The van der Waals surface area contributed by atoms with Gasteiger partial charge in [-0.2, -0.15) is 13.2 Å². The number of nitrogens with zero attached hydrogens (tertiary/aromatic N) is 1. The maximum Gasteiger partial charge on any atom is 0.418 e. The molecule has 1 aliphatic rings. The first-order valence-corrected chi connectivity index (χ1v) is 7.33. The van der Waals surface area contributed by atoms with Crippen LogP contribution >= 0.6 is 0 Å². The lowest BCUT2D eigenvalue weighted by Gasteiger charge is -2.34. The minimum absolute atomic E-state index is 0.0924. The van der Waals surface area contributed by atoms with Gasteiger partial charge in [0, 0.05) is 38.6 Å². The summed E-state index contributed by atoms with van der Waals surface area (Å²) in [6.45, 7) is 1.01. The normalized spacial score (nSPS) is 16.3. The number of anilines is 2. The Kier molecular flexibility index (Phi) is 5.35. The third-order valence-corrected chi connectivity index (χ3v) is 3.90. The molecule has 1 aromatic carbocycles. The molecule has 0 atom stereocenters. The Morgan fingerprint density at radius 3 is 2.48 bits per heavy atom. The van der Waals surface area contributed by atoms with Gasteiger partial charge in [0.05, 0.1) is 11.7 Å². The van der Waals surface area contributed by atoms with E-state index in [0.717, 1.165) is 6.07 Å². The Labute approximate surface area is 132 Å². The topological polar surface area (TPSA) is 53.6 Å². The lowest BCUT2D eigenvalue weighted by molar-refractivity contribution is -0.137. The number of amides is 2. The van der Waals surface area contributed by atoms with E-state index < -0.39 is 17.8 Å². The molecular formula is C15H20F3N3O2. The Balaban J connectivity index is 2.27. The van der Waals surface area contributed by atoms with Crippen LogP contribution in [0.3, 0.4) is 0 Å². The average molecular weight is 331 g/mol. The van der Waals surface area contributed by atoms with Gasteiger partial charge in [-0.3, -0.25) is 0 Å². The second-order valence-corrected chi connectivity index (χ2v) is 5.36. The number of halogens is 3. The predicted molar refractivity (Wildman–Crippen MR) is 81.8 cm³/mol. The largest absolute Gasteiger partial charge is 0.418 e. The van der Waals surface area contributed by atoms with Crippen molar-refractivity contribution < 1.29 is 22.7 Å². The summed E-state index contributed by atoms with van der Waals surface area (Å²) in [5.41, 5.74) is -0.510. The van der Waals surface area contributed by atoms with Crippen LogP contribution in [0.5, 0.6) is 0 Å². The van der Waals surface area contributed by atoms with Crippen molar-refractivity contribution in [3.8, 4) is 0 Å². The number of urea groups is 1. The monoisotopic (exact) mass is 331 g/mol. The summed E-state index contributed by atoms with van der Waals surface area (Å²) in [7, 11) is 3.01. The minimum Gasteiger partial charge on any atom is -0.381 e. The van der Waals surface area contributed by atoms with E-state index in [0.29, 0.717) is 25.9 Å². The zero-order valence-corrected chi connectivity index (χ0v) is 13.0. The number of nitrogens with one attached hydrogen (secondary N) is 2. The second-order valence-electron chi connectivity index (χ2n) is 5.36. The van der Waals surface area contributed by atoms with Crippen molar-refractivity contribution in [2.75, 3.05) is 37.5 Å². The highest BCUT2D eigenvalue weighted by Crippen LogP contribution is 2.39. The molecule has 0 unspecified atom stereocenters. The fraction of sp³-hybridized carbons (Fsp3) is 0.533. The zero-order valence-electron chi connectivity index (χ0n) is 13.0. The van der Waals surface area contributed by atoms with Crippen LogP contribution in [0.15, 0.2) is 18.2 Å². The van der Waals surface area contributed by atoms with Gasteiger partial charge >= 0.3 is 12.2 Å². The lowest BCUT2D eigenvalue weighted by Crippen LogP contribution is -2.37. The molecule has 1 heterocycles. The maximum absolute atomic E-state index is 13.4. The first kappa shape index (κ1) is 17.4. The van der Waals surface area contributed by atoms with Crippen molar-refractivity contribution in [1.82, 2.24) is 5.32 Å². The predicted octanol–water partition coefficient (Wildman–Crippen LogP) is 3.07. The van der Waals surface area contributed by atoms with Gasteiger partial charge in [0.1, 0.15) is 0 Å². The quantitative estimate of drug-likeness (QED) is 0.895. The van der Waals surface area contributed by atoms with Crippen LogP contribution in [0, 0.1) is 0 Å². The van der Waals surface area contributed by atoms with E-state index in [-0.39, 0.29) is 17.5 Å². The Morgan fingerprint density at radius 2 is 1.96 bits per heavy atom. The van der Waals surface area contributed by atoms with Crippen LogP contribution < -0.4 is 15.5 Å². The minimum atomic E-state index is -4.49. The molecule has 0 spiro atoms. The summed E-state index contributed by atoms with van der Waals surface area (Å²) >= 11 is 0. The van der Waals surface area contributed by atoms with Crippen LogP contribution in [0.2, 0.25) is 0 Å². The Bertz CT molecular complexity index is 555. The van der Waals surface area contributed by atoms with Gasteiger partial charge in [0.25, 0.3) is 0 Å². The summed E-state index contributed by atoms with van der Waals surface area (Å²) < 4.78 is 45.3. The molecule has 2 N–H and O–H groups in total. The van der Waals surface area contributed by atoms with E-state index in [2.05, 4.69) is 10.6 Å². The molecule has 2 rings (SSSR count). The summed E-state index contributed by atoms with van der Waals surface area (Å²) in [6.07, 6.45) is -3.03. The Hall–Kier alpha value is -1.96. The molecule has 23 heavy (non-hydrogen) atoms. The van der Waals surface area contributed by atoms with Crippen LogP contribution in [-0.4, -0.2) is 39.4 Å². The molecule has 0 aliphatic carbocycles. The molecular weight excluding hydrogens is 311 g/mol. The number of carbonyl (C=O) groups excluding carboxylic acids is 1. The van der Waals surface area contributed by atoms with Crippen LogP contribution in [-0.2, 0) is 10.9 Å². The van der Waals surface area contributed by atoms with E-state index in [1.807, 2.05) is 0 Å². The van der Waals surface area contributed by atoms with Gasteiger partial charge in [-0.1, -0.05) is 0 Å². The highest BCUT2D eigenvalue weighted by atomic mass is 19.4. The first-order chi connectivity index (χ1) is 10.8. The van der Waals surface area contributed by atoms with Crippen molar-refractivity contribution in [2.45, 2.75) is 25.1 Å². The van der Waals surface area contributed by atoms with Gasteiger partial charge in [0.2, 0.25) is 0 Å². The van der Waals surface area contributed by atoms with E-state index >= 15 is 0 Å². The number of alkyl halides is 3. The van der Waals surface area contributed by atoms with E-state index in [1.54, 1.807) is 12.0 Å². The third kappa shape index (κ3) is 4.28. The number of hydrogen-bond acceptors (Lipinski definition) is 3. The molecule has 0 aromatic heterocycles. The van der Waals surface area contributed by atoms with Gasteiger partial charge in [-0.25, -0.2) is 4.79 Å². The number of piperidine rings is 1. The number of rotatable bonds is 3. The molecule has 5 nitrogen and oxygen atoms in total. The standard InChI is InChI=1S/C15H20F3N3O2/c1-19-14(22)20-10-3-4-13(12(9-10)15(16,17)18)21-7-5-11(23-2)6-8-21/h3-4,9,11H,5-8H2,1-2H3,(H2,19,20,22). The van der Waals surface area contributed by atoms with E-state index in [9.17, 15) is 18.0 Å². The smallest absolute Gasteiger partial charge is 0.381 e. The van der Waals surface area contributed by atoms with Gasteiger partial charge < -0.3 is 20.3 Å². The van der Waals surface area contributed by atoms with Gasteiger partial charge in [-0.15, -0.1) is 0 Å². The Morgan fingerprint density at radius 1 is 1.30 bits per heavy atom. The van der Waals surface area contributed by atoms with Gasteiger partial charge in [0.15, 0.2) is 0 Å². The van der Waals surface area contributed by atoms with E-state index in [4.69, 9.17) is 4.74 Å². The van der Waals surface area contributed by atoms with Crippen molar-refractivity contribution in [2.24, 2.45) is 0 Å². The molecule has 128 valence electrons. The molecule has 1 aromatic rings. The SMILES string of the molecule is CNC(=O)Nc1ccc(N2CCC(OC)CC2)c(C(F)(F)F)c1. The number of hydrogen-bond donors (Lipinski definition) is 2. The first-order valence-electron chi connectivity index (χ1n) is 7.33. The molecule has 0 bridgehead atoms. The van der Waals surface area contributed by atoms with Crippen LogP contribution in [0.4, 0.5) is 29.3 Å². The van der Waals surface area contributed by atoms with Crippen LogP contribution in [0.25, 0.3) is 0 Å². The summed E-state index contributed by atoms with van der Waals surface area (Å²) in [5, 5.41) is 4.67. The zero-order chi connectivity index (χ0) is 17.0. The lowest BCUT2D eigenvalue weighted by atomic mass is 10.0. The molecule has 8 heteroatoms.